The predicted molar refractivity (Wildman–Crippen MR) is 70.0 cm³/mol. The Morgan fingerprint density at radius 1 is 1.28 bits per heavy atom. The average Bonchev–Trinajstić information content (AvgIpc) is 2.79. The van der Waals surface area contributed by atoms with E-state index in [2.05, 4.69) is 0 Å². The molecule has 0 aliphatic heterocycles. The van der Waals surface area contributed by atoms with Gasteiger partial charge in [-0.05, 0) is 19.1 Å². The third kappa shape index (κ3) is 2.33. The first kappa shape index (κ1) is 12.5. The standard InChI is InChI=1S/C14H16O4/c1-4-5-10-6-7-12-11(14(10)16-3)8-13(18-12)17-9-15-2/h4-8H,9H2,1-3H3. The zero-order valence-corrected chi connectivity index (χ0v) is 10.7. The zero-order valence-electron chi connectivity index (χ0n) is 10.7. The smallest absolute Gasteiger partial charge is 0.287 e. The molecular weight excluding hydrogens is 232 g/mol. The lowest BCUT2D eigenvalue weighted by Gasteiger charge is -2.04. The predicted octanol–water partition coefficient (Wildman–Crippen LogP) is 3.46. The van der Waals surface area contributed by atoms with Crippen LogP contribution in [0, 0.1) is 0 Å². The first-order valence-electron chi connectivity index (χ1n) is 5.65. The molecule has 1 aromatic carbocycles. The highest BCUT2D eigenvalue weighted by atomic mass is 16.7. The molecule has 4 heteroatoms. The van der Waals surface area contributed by atoms with Crippen LogP contribution in [0.3, 0.4) is 0 Å². The van der Waals surface area contributed by atoms with Crippen molar-refractivity contribution in [3.8, 4) is 11.7 Å². The molecule has 0 spiro atoms. The summed E-state index contributed by atoms with van der Waals surface area (Å²) in [5.74, 6) is 1.20. The summed E-state index contributed by atoms with van der Waals surface area (Å²) < 4.78 is 21.1. The highest BCUT2D eigenvalue weighted by Crippen LogP contribution is 2.35. The SMILES string of the molecule is CC=Cc1ccc2oc(OCOC)cc2c1OC. The molecule has 18 heavy (non-hydrogen) atoms. The Morgan fingerprint density at radius 2 is 2.11 bits per heavy atom. The molecule has 0 radical (unpaired) electrons. The molecule has 0 amide bonds. The van der Waals surface area contributed by atoms with Crippen molar-refractivity contribution in [3.63, 3.8) is 0 Å². The molecule has 1 aromatic heterocycles. The number of ether oxygens (including phenoxy) is 3. The van der Waals surface area contributed by atoms with E-state index in [1.165, 1.54) is 0 Å². The molecule has 1 heterocycles. The Kier molecular flexibility index (Phi) is 3.89. The van der Waals surface area contributed by atoms with E-state index in [0.29, 0.717) is 5.95 Å². The molecule has 2 rings (SSSR count). The normalized spacial score (nSPS) is 11.3. The first-order chi connectivity index (χ1) is 8.80. The van der Waals surface area contributed by atoms with Crippen LogP contribution >= 0.6 is 0 Å². The van der Waals surface area contributed by atoms with E-state index in [1.54, 1.807) is 20.3 Å². The molecule has 0 aliphatic rings. The molecule has 0 fully saturated rings. The fraction of sp³-hybridized carbons (Fsp3) is 0.286. The van der Waals surface area contributed by atoms with E-state index in [-0.39, 0.29) is 6.79 Å². The minimum Gasteiger partial charge on any atom is -0.495 e. The largest absolute Gasteiger partial charge is 0.495 e. The van der Waals surface area contributed by atoms with Crippen LogP contribution in [0.1, 0.15) is 12.5 Å². The van der Waals surface area contributed by atoms with Crippen molar-refractivity contribution in [2.45, 2.75) is 6.92 Å². The van der Waals surface area contributed by atoms with E-state index in [0.717, 1.165) is 22.3 Å². The van der Waals surface area contributed by atoms with Crippen LogP contribution in [0.15, 0.2) is 28.7 Å². The molecule has 0 atom stereocenters. The topological polar surface area (TPSA) is 40.8 Å². The summed E-state index contributed by atoms with van der Waals surface area (Å²) in [5.41, 5.74) is 1.73. The molecule has 0 N–H and O–H groups in total. The molecule has 0 aliphatic carbocycles. The van der Waals surface area contributed by atoms with Crippen molar-refractivity contribution < 1.29 is 18.6 Å². The summed E-state index contributed by atoms with van der Waals surface area (Å²) in [4.78, 5) is 0. The molecule has 4 nitrogen and oxygen atoms in total. The number of hydrogen-bond donors (Lipinski definition) is 0. The maximum atomic E-state index is 5.54. The zero-order chi connectivity index (χ0) is 13.0. The highest BCUT2D eigenvalue weighted by molar-refractivity contribution is 5.89. The summed E-state index contributed by atoms with van der Waals surface area (Å²) in [6.45, 7) is 2.12. The molecule has 96 valence electrons. The Morgan fingerprint density at radius 3 is 2.78 bits per heavy atom. The number of fused-ring (bicyclic) bond motifs is 1. The lowest BCUT2D eigenvalue weighted by molar-refractivity contribution is 0.0355. The van der Waals surface area contributed by atoms with E-state index in [4.69, 9.17) is 18.6 Å². The summed E-state index contributed by atoms with van der Waals surface area (Å²) in [6, 6.07) is 5.65. The molecule has 2 aromatic rings. The van der Waals surface area contributed by atoms with Crippen molar-refractivity contribution in [1.29, 1.82) is 0 Å². The second kappa shape index (κ2) is 5.60. The molecular formula is C14H16O4. The first-order valence-corrected chi connectivity index (χ1v) is 5.65. The lowest BCUT2D eigenvalue weighted by Crippen LogP contribution is -1.97. The third-order valence-corrected chi connectivity index (χ3v) is 2.53. The molecule has 0 saturated carbocycles. The number of rotatable bonds is 5. The lowest BCUT2D eigenvalue weighted by atomic mass is 10.1. The van der Waals surface area contributed by atoms with Gasteiger partial charge in [0.1, 0.15) is 11.3 Å². The van der Waals surface area contributed by atoms with Gasteiger partial charge in [-0.2, -0.15) is 0 Å². The number of benzene rings is 1. The Balaban J connectivity index is 2.47. The van der Waals surface area contributed by atoms with Crippen LogP contribution in [0.4, 0.5) is 0 Å². The van der Waals surface area contributed by atoms with E-state index in [1.807, 2.05) is 31.2 Å². The number of allylic oxidation sites excluding steroid dienone is 1. The highest BCUT2D eigenvalue weighted by Gasteiger charge is 2.12. The van der Waals surface area contributed by atoms with E-state index in [9.17, 15) is 0 Å². The Bertz CT molecular complexity index is 554. The van der Waals surface area contributed by atoms with Gasteiger partial charge >= 0.3 is 0 Å². The van der Waals surface area contributed by atoms with Crippen LogP contribution in [0.5, 0.6) is 11.7 Å². The summed E-state index contributed by atoms with van der Waals surface area (Å²) >= 11 is 0. The van der Waals surface area contributed by atoms with Gasteiger partial charge in [0.15, 0.2) is 6.79 Å². The van der Waals surface area contributed by atoms with Crippen LogP contribution in [0.2, 0.25) is 0 Å². The Hall–Kier alpha value is -1.94. The second-order valence-electron chi connectivity index (χ2n) is 3.72. The number of methoxy groups -OCH3 is 2. The van der Waals surface area contributed by atoms with Gasteiger partial charge in [0, 0.05) is 18.7 Å². The van der Waals surface area contributed by atoms with Gasteiger partial charge < -0.3 is 18.6 Å². The van der Waals surface area contributed by atoms with E-state index >= 15 is 0 Å². The molecule has 0 bridgehead atoms. The number of furan rings is 1. The minimum atomic E-state index is 0.157. The van der Waals surface area contributed by atoms with Crippen molar-refractivity contribution >= 4 is 17.0 Å². The van der Waals surface area contributed by atoms with Gasteiger partial charge in [-0.15, -0.1) is 0 Å². The van der Waals surface area contributed by atoms with Crippen molar-refractivity contribution in [3.05, 3.63) is 29.8 Å². The van der Waals surface area contributed by atoms with Gasteiger partial charge in [0.2, 0.25) is 0 Å². The third-order valence-electron chi connectivity index (χ3n) is 2.53. The minimum absolute atomic E-state index is 0.157. The van der Waals surface area contributed by atoms with Crippen molar-refractivity contribution in [2.75, 3.05) is 21.0 Å². The molecule has 0 unspecified atom stereocenters. The summed E-state index contributed by atoms with van der Waals surface area (Å²) in [6.07, 6.45) is 3.95. The van der Waals surface area contributed by atoms with Crippen LogP contribution < -0.4 is 9.47 Å². The van der Waals surface area contributed by atoms with Gasteiger partial charge in [0.05, 0.1) is 12.5 Å². The monoisotopic (exact) mass is 248 g/mol. The van der Waals surface area contributed by atoms with Gasteiger partial charge in [-0.3, -0.25) is 0 Å². The van der Waals surface area contributed by atoms with Gasteiger partial charge in [0.25, 0.3) is 5.95 Å². The van der Waals surface area contributed by atoms with Crippen LogP contribution in [0.25, 0.3) is 17.0 Å². The fourth-order valence-electron chi connectivity index (χ4n) is 1.81. The maximum Gasteiger partial charge on any atom is 0.287 e. The Labute approximate surface area is 106 Å². The fourth-order valence-corrected chi connectivity index (χ4v) is 1.81. The van der Waals surface area contributed by atoms with Crippen molar-refractivity contribution in [2.24, 2.45) is 0 Å². The summed E-state index contributed by atoms with van der Waals surface area (Å²) in [5, 5.41) is 0.888. The van der Waals surface area contributed by atoms with Gasteiger partial charge in [-0.1, -0.05) is 12.2 Å². The number of hydrogen-bond acceptors (Lipinski definition) is 4. The van der Waals surface area contributed by atoms with E-state index < -0.39 is 0 Å². The van der Waals surface area contributed by atoms with Crippen molar-refractivity contribution in [1.82, 2.24) is 0 Å². The average molecular weight is 248 g/mol. The van der Waals surface area contributed by atoms with Crippen LogP contribution in [-0.4, -0.2) is 21.0 Å². The van der Waals surface area contributed by atoms with Gasteiger partial charge in [-0.25, -0.2) is 0 Å². The molecule has 0 saturated heterocycles. The quantitative estimate of drug-likeness (QED) is 0.760. The summed E-state index contributed by atoms with van der Waals surface area (Å²) in [7, 11) is 3.21. The maximum absolute atomic E-state index is 5.54. The second-order valence-corrected chi connectivity index (χ2v) is 3.72. The van der Waals surface area contributed by atoms with Crippen LogP contribution in [-0.2, 0) is 4.74 Å².